The van der Waals surface area contributed by atoms with E-state index in [2.05, 4.69) is 36.2 Å². The van der Waals surface area contributed by atoms with E-state index in [1.165, 1.54) is 44.2 Å². The second-order valence-electron chi connectivity index (χ2n) is 4.53. The molecule has 0 aliphatic carbocycles. The molecule has 1 aromatic heterocycles. The van der Waals surface area contributed by atoms with Crippen molar-refractivity contribution in [3.8, 4) is 0 Å². The number of aryl methyl sites for hydroxylation is 1. The highest BCUT2D eigenvalue weighted by atomic mass is 14.7. The van der Waals surface area contributed by atoms with Gasteiger partial charge in [-0.1, -0.05) is 50.8 Å². The SMILES string of the molecule is CCCCCCC/C=C/CCc1ccccn1. The highest BCUT2D eigenvalue weighted by Crippen LogP contribution is 2.06. The van der Waals surface area contributed by atoms with Crippen LogP contribution in [-0.2, 0) is 6.42 Å². The van der Waals surface area contributed by atoms with Crippen LogP contribution in [0.2, 0.25) is 0 Å². The molecule has 0 aliphatic rings. The molecule has 0 spiro atoms. The Morgan fingerprint density at radius 2 is 1.82 bits per heavy atom. The van der Waals surface area contributed by atoms with E-state index in [4.69, 9.17) is 0 Å². The summed E-state index contributed by atoms with van der Waals surface area (Å²) in [6.45, 7) is 2.26. The van der Waals surface area contributed by atoms with E-state index in [1.54, 1.807) is 0 Å². The molecule has 1 heterocycles. The van der Waals surface area contributed by atoms with Gasteiger partial charge in [0, 0.05) is 11.9 Å². The molecule has 0 saturated heterocycles. The van der Waals surface area contributed by atoms with Crippen LogP contribution in [0.1, 0.15) is 57.6 Å². The first-order valence-corrected chi connectivity index (χ1v) is 6.98. The second-order valence-corrected chi connectivity index (χ2v) is 4.53. The Balaban J connectivity index is 1.96. The summed E-state index contributed by atoms with van der Waals surface area (Å²) >= 11 is 0. The lowest BCUT2D eigenvalue weighted by molar-refractivity contribution is 0.637. The van der Waals surface area contributed by atoms with Gasteiger partial charge in [-0.15, -0.1) is 0 Å². The van der Waals surface area contributed by atoms with Gasteiger partial charge in [0.1, 0.15) is 0 Å². The minimum atomic E-state index is 1.06. The molecular weight excluding hydrogens is 206 g/mol. The molecule has 0 atom stereocenters. The minimum Gasteiger partial charge on any atom is -0.261 e. The van der Waals surface area contributed by atoms with Crippen molar-refractivity contribution >= 4 is 0 Å². The molecule has 0 N–H and O–H groups in total. The summed E-state index contributed by atoms with van der Waals surface area (Å²) in [6.07, 6.45) is 16.8. The predicted octanol–water partition coefficient (Wildman–Crippen LogP) is 4.93. The smallest absolute Gasteiger partial charge is 0.0406 e. The summed E-state index contributed by atoms with van der Waals surface area (Å²) in [5.41, 5.74) is 1.19. The van der Waals surface area contributed by atoms with Crippen molar-refractivity contribution in [3.63, 3.8) is 0 Å². The van der Waals surface area contributed by atoms with E-state index in [1.807, 2.05) is 12.3 Å². The summed E-state index contributed by atoms with van der Waals surface area (Å²) in [7, 11) is 0. The Hall–Kier alpha value is -1.11. The van der Waals surface area contributed by atoms with Crippen LogP contribution >= 0.6 is 0 Å². The zero-order valence-electron chi connectivity index (χ0n) is 11.1. The third kappa shape index (κ3) is 7.73. The van der Waals surface area contributed by atoms with Gasteiger partial charge in [-0.3, -0.25) is 4.98 Å². The van der Waals surface area contributed by atoms with Gasteiger partial charge < -0.3 is 0 Å². The van der Waals surface area contributed by atoms with Crippen molar-refractivity contribution in [2.45, 2.75) is 58.3 Å². The fourth-order valence-corrected chi connectivity index (χ4v) is 1.88. The molecule has 0 fully saturated rings. The van der Waals surface area contributed by atoms with E-state index in [0.717, 1.165) is 12.8 Å². The van der Waals surface area contributed by atoms with E-state index in [9.17, 15) is 0 Å². The van der Waals surface area contributed by atoms with Crippen molar-refractivity contribution in [3.05, 3.63) is 42.2 Å². The van der Waals surface area contributed by atoms with Crippen LogP contribution in [0.4, 0.5) is 0 Å². The molecule has 0 aliphatic heterocycles. The lowest BCUT2D eigenvalue weighted by Crippen LogP contribution is -1.86. The standard InChI is InChI=1S/C16H25N/c1-2-3-4-5-6-7-8-9-10-13-16-14-11-12-15-17-16/h8-9,11-12,14-15H,2-7,10,13H2,1H3/b9-8+. The average molecular weight is 231 g/mol. The van der Waals surface area contributed by atoms with E-state index in [0.29, 0.717) is 0 Å². The van der Waals surface area contributed by atoms with Crippen molar-refractivity contribution in [1.29, 1.82) is 0 Å². The molecule has 0 radical (unpaired) electrons. The first-order chi connectivity index (χ1) is 8.43. The molecule has 1 heteroatoms. The number of nitrogens with zero attached hydrogens (tertiary/aromatic N) is 1. The molecule has 1 nitrogen and oxygen atoms in total. The number of unbranched alkanes of at least 4 members (excludes halogenated alkanes) is 5. The normalized spacial score (nSPS) is 11.1. The Morgan fingerprint density at radius 1 is 1.00 bits per heavy atom. The van der Waals surface area contributed by atoms with Gasteiger partial charge in [0.05, 0.1) is 0 Å². The number of hydrogen-bond donors (Lipinski definition) is 0. The van der Waals surface area contributed by atoms with Gasteiger partial charge in [0.2, 0.25) is 0 Å². The fraction of sp³-hybridized carbons (Fsp3) is 0.562. The Labute approximate surface area is 106 Å². The van der Waals surface area contributed by atoms with Crippen molar-refractivity contribution in [2.75, 3.05) is 0 Å². The summed E-state index contributed by atoms with van der Waals surface area (Å²) in [6, 6.07) is 6.12. The maximum atomic E-state index is 4.31. The van der Waals surface area contributed by atoms with Crippen LogP contribution < -0.4 is 0 Å². The van der Waals surface area contributed by atoms with Crippen LogP contribution in [-0.4, -0.2) is 4.98 Å². The zero-order chi connectivity index (χ0) is 12.2. The number of pyridine rings is 1. The van der Waals surface area contributed by atoms with Gasteiger partial charge in [-0.25, -0.2) is 0 Å². The van der Waals surface area contributed by atoms with Crippen LogP contribution in [0.5, 0.6) is 0 Å². The first kappa shape index (κ1) is 14.0. The summed E-state index contributed by atoms with van der Waals surface area (Å²) in [5.74, 6) is 0. The van der Waals surface area contributed by atoms with Crippen molar-refractivity contribution in [2.24, 2.45) is 0 Å². The number of aromatic nitrogens is 1. The molecule has 17 heavy (non-hydrogen) atoms. The first-order valence-electron chi connectivity index (χ1n) is 6.98. The maximum absolute atomic E-state index is 4.31. The molecule has 0 saturated carbocycles. The van der Waals surface area contributed by atoms with Crippen molar-refractivity contribution < 1.29 is 0 Å². The monoisotopic (exact) mass is 231 g/mol. The molecule has 0 amide bonds. The number of allylic oxidation sites excluding steroid dienone is 2. The van der Waals surface area contributed by atoms with Gasteiger partial charge >= 0.3 is 0 Å². The lowest BCUT2D eigenvalue weighted by atomic mass is 10.1. The number of hydrogen-bond acceptors (Lipinski definition) is 1. The highest BCUT2D eigenvalue weighted by molar-refractivity contribution is 5.04. The van der Waals surface area contributed by atoms with Crippen LogP contribution in [0.25, 0.3) is 0 Å². The molecular formula is C16H25N. The Kier molecular flexibility index (Phi) is 8.27. The number of rotatable bonds is 9. The third-order valence-electron chi connectivity index (χ3n) is 2.93. The topological polar surface area (TPSA) is 12.9 Å². The molecule has 1 aromatic rings. The van der Waals surface area contributed by atoms with Crippen molar-refractivity contribution in [1.82, 2.24) is 4.98 Å². The molecule has 1 rings (SSSR count). The van der Waals surface area contributed by atoms with Gasteiger partial charge in [0.25, 0.3) is 0 Å². The quantitative estimate of drug-likeness (QED) is 0.434. The van der Waals surface area contributed by atoms with E-state index in [-0.39, 0.29) is 0 Å². The molecule has 0 unspecified atom stereocenters. The maximum Gasteiger partial charge on any atom is 0.0406 e. The summed E-state index contributed by atoms with van der Waals surface area (Å²) in [4.78, 5) is 4.31. The molecule has 94 valence electrons. The van der Waals surface area contributed by atoms with Gasteiger partial charge in [0.15, 0.2) is 0 Å². The Bertz CT molecular complexity index is 290. The van der Waals surface area contributed by atoms with Gasteiger partial charge in [-0.2, -0.15) is 0 Å². The molecule has 0 bridgehead atoms. The summed E-state index contributed by atoms with van der Waals surface area (Å²) < 4.78 is 0. The van der Waals surface area contributed by atoms with E-state index < -0.39 is 0 Å². The summed E-state index contributed by atoms with van der Waals surface area (Å²) in [5, 5.41) is 0. The minimum absolute atomic E-state index is 1.06. The van der Waals surface area contributed by atoms with E-state index >= 15 is 0 Å². The highest BCUT2D eigenvalue weighted by Gasteiger charge is 1.90. The van der Waals surface area contributed by atoms with Crippen LogP contribution in [0.3, 0.4) is 0 Å². The molecule has 0 aromatic carbocycles. The second kappa shape index (κ2) is 10.1. The average Bonchev–Trinajstić information content (AvgIpc) is 2.38. The lowest BCUT2D eigenvalue weighted by Gasteiger charge is -1.97. The zero-order valence-corrected chi connectivity index (χ0v) is 11.1. The van der Waals surface area contributed by atoms with Crippen LogP contribution in [0, 0.1) is 0 Å². The van der Waals surface area contributed by atoms with Crippen LogP contribution in [0.15, 0.2) is 36.5 Å². The third-order valence-corrected chi connectivity index (χ3v) is 2.93. The van der Waals surface area contributed by atoms with Gasteiger partial charge in [-0.05, 0) is 37.8 Å². The Morgan fingerprint density at radius 3 is 2.59 bits per heavy atom. The fourth-order valence-electron chi connectivity index (χ4n) is 1.88. The predicted molar refractivity (Wildman–Crippen MR) is 75.1 cm³/mol. The largest absolute Gasteiger partial charge is 0.261 e.